The summed E-state index contributed by atoms with van der Waals surface area (Å²) in [6.45, 7) is 4.73. The van der Waals surface area contributed by atoms with Crippen molar-refractivity contribution in [1.82, 2.24) is 4.57 Å². The molecule has 0 radical (unpaired) electrons. The van der Waals surface area contributed by atoms with Gasteiger partial charge in [-0.3, -0.25) is 0 Å². The molecule has 1 aliphatic heterocycles. The highest BCUT2D eigenvalue weighted by atomic mass is 32.1. The number of rotatable bonds is 8. The van der Waals surface area contributed by atoms with Gasteiger partial charge in [0.15, 0.2) is 8.07 Å². The van der Waals surface area contributed by atoms with Crippen molar-refractivity contribution in [3.05, 3.63) is 278 Å². The van der Waals surface area contributed by atoms with Gasteiger partial charge in [-0.2, -0.15) is 0 Å². The van der Waals surface area contributed by atoms with Crippen molar-refractivity contribution in [3.8, 4) is 27.9 Å². The molecule has 2 aromatic heterocycles. The van der Waals surface area contributed by atoms with E-state index in [4.69, 9.17) is 0 Å². The third-order valence-corrected chi connectivity index (χ3v) is 22.0. The van der Waals surface area contributed by atoms with Crippen LogP contribution in [0.4, 0.5) is 17.1 Å². The highest BCUT2D eigenvalue weighted by molar-refractivity contribution is 7.31. The average Bonchev–Trinajstić information content (AvgIpc) is 4.01. The van der Waals surface area contributed by atoms with Crippen molar-refractivity contribution in [2.24, 2.45) is 0 Å². The van der Waals surface area contributed by atoms with Crippen LogP contribution in [0.3, 0.4) is 0 Å². The first-order valence-electron chi connectivity index (χ1n) is 25.3. The summed E-state index contributed by atoms with van der Waals surface area (Å²) < 4.78 is 5.16. The Morgan fingerprint density at radius 2 is 0.795 bits per heavy atom. The number of hydrogen-bond acceptors (Lipinski definition) is 2. The number of anilines is 3. The van der Waals surface area contributed by atoms with Crippen molar-refractivity contribution < 1.29 is 0 Å². The molecule has 0 atom stereocenters. The quantitative estimate of drug-likeness (QED) is 0.109. The molecule has 0 saturated carbocycles. The minimum Gasteiger partial charge on any atom is -0.309 e. The lowest BCUT2D eigenvalue weighted by Gasteiger charge is -2.42. The normalized spacial score (nSPS) is 13.2. The predicted molar refractivity (Wildman–Crippen MR) is 315 cm³/mol. The van der Waals surface area contributed by atoms with E-state index in [1.807, 2.05) is 11.3 Å². The van der Waals surface area contributed by atoms with Gasteiger partial charge in [-0.15, -0.1) is 11.3 Å². The Balaban J connectivity index is 1.03. The van der Waals surface area contributed by atoms with Crippen LogP contribution in [-0.2, 0) is 5.41 Å². The molecule has 0 fully saturated rings. The second-order valence-corrected chi connectivity index (χ2v) is 24.7. The van der Waals surface area contributed by atoms with E-state index in [0.717, 1.165) is 16.9 Å². The summed E-state index contributed by atoms with van der Waals surface area (Å²) >= 11 is 1.96. The summed E-state index contributed by atoms with van der Waals surface area (Å²) in [5.74, 6) is 0. The molecule has 0 aliphatic carbocycles. The summed E-state index contributed by atoms with van der Waals surface area (Å²) in [7, 11) is -2.83. The van der Waals surface area contributed by atoms with Crippen molar-refractivity contribution in [2.45, 2.75) is 19.3 Å². The maximum absolute atomic E-state index is 2.83. The number of fused-ring (bicyclic) bond motifs is 8. The van der Waals surface area contributed by atoms with E-state index in [1.54, 1.807) is 0 Å². The lowest BCUT2D eigenvalue weighted by Crippen LogP contribution is -2.74. The van der Waals surface area contributed by atoms with Crippen LogP contribution in [0.1, 0.15) is 25.0 Å². The van der Waals surface area contributed by atoms with Gasteiger partial charge in [0, 0.05) is 41.9 Å². The summed E-state index contributed by atoms with van der Waals surface area (Å²) in [4.78, 5) is 2.53. The summed E-state index contributed by atoms with van der Waals surface area (Å²) in [5.41, 5.74) is 14.3. The molecule has 0 N–H and O–H groups in total. The summed E-state index contributed by atoms with van der Waals surface area (Å²) in [5, 5.41) is 10.6. The Morgan fingerprint density at radius 1 is 0.356 bits per heavy atom. The van der Waals surface area contributed by atoms with E-state index in [9.17, 15) is 0 Å². The predicted octanol–water partition coefficient (Wildman–Crippen LogP) is 16.0. The maximum atomic E-state index is 2.53. The standard InChI is InChI=1S/C69H50N2SSi/c1-69(2)57-37-14-18-41-61(57)71(62-42-19-15-38-58(62)69)64-44-23-43-63(70-59-39-16-12-32-53(59)54-33-13-17-40-60(54)70)66(64)48-25-20-24-47(46-48)52-34-21-35-55-56-36-22-45-65(68(56)72-67(52)55)73(49-26-6-3-7-27-49,50-28-8-4-9-29-50)51-30-10-5-11-31-51/h3-46H,1-2H3. The number of thiophene rings is 1. The van der Waals surface area contributed by atoms with E-state index in [1.165, 1.54) is 102 Å². The van der Waals surface area contributed by atoms with E-state index in [0.29, 0.717) is 0 Å². The Labute approximate surface area is 431 Å². The van der Waals surface area contributed by atoms with Gasteiger partial charge in [-0.1, -0.05) is 238 Å². The molecule has 1 aliphatic rings. The molecule has 0 amide bonds. The van der Waals surface area contributed by atoms with Gasteiger partial charge < -0.3 is 9.47 Å². The topological polar surface area (TPSA) is 8.17 Å². The number of aromatic nitrogens is 1. The largest absolute Gasteiger partial charge is 0.309 e. The molecule has 0 spiro atoms. The third kappa shape index (κ3) is 6.54. The van der Waals surface area contributed by atoms with Gasteiger partial charge in [0.05, 0.1) is 33.8 Å². The molecule has 11 aromatic carbocycles. The van der Waals surface area contributed by atoms with Gasteiger partial charge in [0.2, 0.25) is 0 Å². The van der Waals surface area contributed by atoms with Crippen molar-refractivity contribution >= 4 is 99.2 Å². The van der Waals surface area contributed by atoms with Gasteiger partial charge in [0.25, 0.3) is 0 Å². The van der Waals surface area contributed by atoms with Crippen LogP contribution < -0.4 is 25.6 Å². The average molecular weight is 967 g/mol. The lowest BCUT2D eigenvalue weighted by atomic mass is 9.73. The van der Waals surface area contributed by atoms with Gasteiger partial charge in [0.1, 0.15) is 0 Å². The molecule has 73 heavy (non-hydrogen) atoms. The molecule has 0 bridgehead atoms. The molecule has 0 saturated heterocycles. The number of hydrogen-bond donors (Lipinski definition) is 0. The number of nitrogens with zero attached hydrogens (tertiary/aromatic N) is 2. The summed E-state index contributed by atoms with van der Waals surface area (Å²) in [6.07, 6.45) is 0. The fraction of sp³-hybridized carbons (Fsp3) is 0.0435. The molecule has 13 aromatic rings. The van der Waals surface area contributed by atoms with Crippen LogP contribution in [0.5, 0.6) is 0 Å². The van der Waals surface area contributed by atoms with E-state index >= 15 is 0 Å². The fourth-order valence-electron chi connectivity index (χ4n) is 12.5. The van der Waals surface area contributed by atoms with Gasteiger partial charge >= 0.3 is 0 Å². The Bertz CT molecular complexity index is 4050. The van der Waals surface area contributed by atoms with E-state index in [-0.39, 0.29) is 5.41 Å². The maximum Gasteiger partial charge on any atom is 0.181 e. The van der Waals surface area contributed by atoms with E-state index in [2.05, 4.69) is 290 Å². The lowest BCUT2D eigenvalue weighted by molar-refractivity contribution is 0.632. The van der Waals surface area contributed by atoms with Crippen LogP contribution in [0.2, 0.25) is 0 Å². The highest BCUT2D eigenvalue weighted by Crippen LogP contribution is 2.55. The van der Waals surface area contributed by atoms with Crippen LogP contribution in [0, 0.1) is 0 Å². The molecular weight excluding hydrogens is 917 g/mol. The second kappa shape index (κ2) is 17.1. The smallest absolute Gasteiger partial charge is 0.181 e. The molecule has 3 heterocycles. The number of para-hydroxylation sites is 4. The Kier molecular flexibility index (Phi) is 10.1. The zero-order valence-corrected chi connectivity index (χ0v) is 42.5. The van der Waals surface area contributed by atoms with Crippen molar-refractivity contribution in [2.75, 3.05) is 4.90 Å². The first-order valence-corrected chi connectivity index (χ1v) is 28.2. The minimum absolute atomic E-state index is 0.192. The Hall–Kier alpha value is -8.54. The number of benzene rings is 11. The van der Waals surface area contributed by atoms with Crippen LogP contribution in [0.15, 0.2) is 267 Å². The molecule has 14 rings (SSSR count). The van der Waals surface area contributed by atoms with Gasteiger partial charge in [-0.05, 0) is 91.0 Å². The second-order valence-electron chi connectivity index (χ2n) is 19.9. The zero-order chi connectivity index (χ0) is 48.7. The van der Waals surface area contributed by atoms with Crippen molar-refractivity contribution in [1.29, 1.82) is 0 Å². The van der Waals surface area contributed by atoms with Gasteiger partial charge in [-0.25, -0.2) is 0 Å². The fourth-order valence-corrected chi connectivity index (χ4v) is 19.2. The third-order valence-electron chi connectivity index (χ3n) is 15.7. The highest BCUT2D eigenvalue weighted by Gasteiger charge is 2.43. The first-order chi connectivity index (χ1) is 36.0. The molecule has 0 unspecified atom stereocenters. The zero-order valence-electron chi connectivity index (χ0n) is 40.7. The Morgan fingerprint density at radius 3 is 1.40 bits per heavy atom. The SMILES string of the molecule is CC1(C)c2ccccc2N(c2cccc(-n3c4ccccc4c4ccccc43)c2-c2cccc(-c3cccc4c3sc3c([Si](c5ccccc5)(c5ccccc5)c5ccccc5)cccc34)c2)c2ccccc21. The van der Waals surface area contributed by atoms with Crippen molar-refractivity contribution in [3.63, 3.8) is 0 Å². The van der Waals surface area contributed by atoms with E-state index < -0.39 is 8.07 Å². The molecule has 346 valence electrons. The molecule has 2 nitrogen and oxygen atoms in total. The van der Waals surface area contributed by atoms with Crippen LogP contribution in [0.25, 0.3) is 69.9 Å². The van der Waals surface area contributed by atoms with Crippen LogP contribution in [-0.4, -0.2) is 12.6 Å². The molecular formula is C69H50N2SSi. The monoisotopic (exact) mass is 966 g/mol. The van der Waals surface area contributed by atoms with Crippen LogP contribution >= 0.6 is 11.3 Å². The summed E-state index contributed by atoms with van der Waals surface area (Å²) in [6, 6.07) is 100.0. The first kappa shape index (κ1) is 43.3. The minimum atomic E-state index is -2.83. The molecule has 4 heteroatoms.